The van der Waals surface area contributed by atoms with Crippen molar-refractivity contribution in [3.63, 3.8) is 0 Å². The van der Waals surface area contributed by atoms with Crippen molar-refractivity contribution in [2.45, 2.75) is 25.8 Å². The molecule has 156 valence electrons. The van der Waals surface area contributed by atoms with Crippen molar-refractivity contribution < 1.29 is 23.8 Å². The maximum absolute atomic E-state index is 12.8. The summed E-state index contributed by atoms with van der Waals surface area (Å²) in [5.74, 6) is 0.976. The van der Waals surface area contributed by atoms with Gasteiger partial charge < -0.3 is 14.2 Å². The van der Waals surface area contributed by atoms with Gasteiger partial charge in [0.2, 0.25) is 0 Å². The fourth-order valence-electron chi connectivity index (χ4n) is 4.48. The quantitative estimate of drug-likeness (QED) is 0.708. The minimum absolute atomic E-state index is 0.199. The first-order chi connectivity index (χ1) is 14.7. The van der Waals surface area contributed by atoms with Gasteiger partial charge in [0.25, 0.3) is 5.78 Å². The predicted molar refractivity (Wildman–Crippen MR) is 110 cm³/mol. The Bertz CT molecular complexity index is 988. The van der Waals surface area contributed by atoms with Crippen molar-refractivity contribution in [3.8, 4) is 17.2 Å². The lowest BCUT2D eigenvalue weighted by Crippen LogP contribution is -2.40. The predicted octanol–water partition coefficient (Wildman–Crippen LogP) is 3.18. The number of Topliss-reactive ketones (excluding diaryl/α,β-unsaturated/α-hetero) is 1. The highest BCUT2D eigenvalue weighted by molar-refractivity contribution is 6.52. The average molecular weight is 408 g/mol. The van der Waals surface area contributed by atoms with Crippen LogP contribution in [0.2, 0.25) is 0 Å². The van der Waals surface area contributed by atoms with Crippen LogP contribution in [0, 0.1) is 0 Å². The maximum Gasteiger partial charge on any atom is 0.300 e. The van der Waals surface area contributed by atoms with Crippen LogP contribution in [0.5, 0.6) is 17.2 Å². The van der Waals surface area contributed by atoms with E-state index < -0.39 is 11.7 Å². The smallest absolute Gasteiger partial charge is 0.300 e. The van der Waals surface area contributed by atoms with Gasteiger partial charge in [0.1, 0.15) is 19.0 Å². The zero-order valence-corrected chi connectivity index (χ0v) is 16.9. The summed E-state index contributed by atoms with van der Waals surface area (Å²) in [5.41, 5.74) is 2.18. The Balaban J connectivity index is 1.40. The second-order valence-corrected chi connectivity index (χ2v) is 7.69. The van der Waals surface area contributed by atoms with Gasteiger partial charge in [0, 0.05) is 18.7 Å². The summed E-state index contributed by atoms with van der Waals surface area (Å²) in [4.78, 5) is 29.2. The van der Waals surface area contributed by atoms with Gasteiger partial charge in [-0.1, -0.05) is 12.1 Å². The van der Waals surface area contributed by atoms with E-state index >= 15 is 0 Å². The zero-order valence-electron chi connectivity index (χ0n) is 16.9. The summed E-state index contributed by atoms with van der Waals surface area (Å²) >= 11 is 0. The van der Waals surface area contributed by atoms with Crippen molar-refractivity contribution in [1.29, 1.82) is 0 Å². The van der Waals surface area contributed by atoms with Gasteiger partial charge in [-0.2, -0.15) is 0 Å². The fraction of sp³-hybridized carbons (Fsp3) is 0.391. The van der Waals surface area contributed by atoms with E-state index in [0.717, 1.165) is 25.1 Å². The number of amides is 1. The van der Waals surface area contributed by atoms with E-state index in [1.807, 2.05) is 19.1 Å². The molecule has 0 N–H and O–H groups in total. The molecule has 1 saturated heterocycles. The molecule has 2 aromatic rings. The van der Waals surface area contributed by atoms with Crippen LogP contribution in [-0.2, 0) is 4.79 Å². The van der Waals surface area contributed by atoms with Crippen molar-refractivity contribution >= 4 is 17.4 Å². The van der Waals surface area contributed by atoms with Crippen molar-refractivity contribution in [1.82, 2.24) is 4.90 Å². The highest BCUT2D eigenvalue weighted by atomic mass is 16.6. The average Bonchev–Trinajstić information content (AvgIpc) is 3.32. The Hall–Kier alpha value is -3.06. The molecule has 1 amide bonds. The largest absolute Gasteiger partial charge is 0.494 e. The third-order valence-corrected chi connectivity index (χ3v) is 5.90. The van der Waals surface area contributed by atoms with E-state index in [-0.39, 0.29) is 6.04 Å². The van der Waals surface area contributed by atoms with Crippen LogP contribution in [0.4, 0.5) is 5.69 Å². The van der Waals surface area contributed by atoms with Gasteiger partial charge in [-0.3, -0.25) is 19.4 Å². The molecular formula is C23H24N2O5. The molecule has 0 aromatic heterocycles. The van der Waals surface area contributed by atoms with Crippen LogP contribution in [0.3, 0.4) is 0 Å². The summed E-state index contributed by atoms with van der Waals surface area (Å²) in [6.45, 7) is 4.74. The molecule has 7 nitrogen and oxygen atoms in total. The Kier molecular flexibility index (Phi) is 4.83. The molecule has 1 atom stereocenters. The third-order valence-electron chi connectivity index (χ3n) is 5.90. The van der Waals surface area contributed by atoms with Gasteiger partial charge in [-0.25, -0.2) is 0 Å². The first kappa shape index (κ1) is 18.9. The topological polar surface area (TPSA) is 68.3 Å². The zero-order chi connectivity index (χ0) is 20.7. The number of benzene rings is 2. The molecule has 3 aliphatic rings. The third kappa shape index (κ3) is 3.19. The van der Waals surface area contributed by atoms with E-state index in [1.54, 1.807) is 17.0 Å². The monoisotopic (exact) mass is 408 g/mol. The normalized spacial score (nSPS) is 20.6. The molecule has 5 rings (SSSR count). The summed E-state index contributed by atoms with van der Waals surface area (Å²) in [5, 5.41) is 0. The van der Waals surface area contributed by atoms with E-state index in [4.69, 9.17) is 14.2 Å². The van der Waals surface area contributed by atoms with E-state index in [1.165, 1.54) is 5.56 Å². The number of carbonyl (C=O) groups is 2. The number of anilines is 1. The Morgan fingerprint density at radius 2 is 1.80 bits per heavy atom. The number of carbonyl (C=O) groups excluding carboxylic acids is 2. The van der Waals surface area contributed by atoms with Crippen LogP contribution >= 0.6 is 0 Å². The number of nitrogens with zero attached hydrogens (tertiary/aromatic N) is 2. The molecule has 0 spiro atoms. The number of hydrogen-bond acceptors (Lipinski definition) is 6. The Morgan fingerprint density at radius 3 is 2.53 bits per heavy atom. The van der Waals surface area contributed by atoms with E-state index in [9.17, 15) is 9.59 Å². The van der Waals surface area contributed by atoms with Crippen molar-refractivity contribution in [3.05, 3.63) is 47.5 Å². The maximum atomic E-state index is 12.8. The molecule has 7 heteroatoms. The number of fused-ring (bicyclic) bond motifs is 2. The van der Waals surface area contributed by atoms with Crippen molar-refractivity contribution in [2.24, 2.45) is 0 Å². The molecule has 0 radical (unpaired) electrons. The summed E-state index contributed by atoms with van der Waals surface area (Å²) in [7, 11) is 0. The molecule has 0 unspecified atom stereocenters. The van der Waals surface area contributed by atoms with Gasteiger partial charge in [0.15, 0.2) is 11.5 Å². The van der Waals surface area contributed by atoms with Crippen LogP contribution < -0.4 is 19.1 Å². The lowest BCUT2D eigenvalue weighted by atomic mass is 10.0. The molecule has 0 aliphatic carbocycles. The number of hydrogen-bond donors (Lipinski definition) is 0. The van der Waals surface area contributed by atoms with Gasteiger partial charge >= 0.3 is 5.91 Å². The van der Waals surface area contributed by atoms with E-state index in [2.05, 4.69) is 17.0 Å². The Labute approximate surface area is 175 Å². The van der Waals surface area contributed by atoms with Crippen LogP contribution in [0.1, 0.15) is 41.7 Å². The molecule has 0 bridgehead atoms. The number of likely N-dealkylation sites (tertiary alicyclic amines) is 1. The molecule has 30 heavy (non-hydrogen) atoms. The lowest BCUT2D eigenvalue weighted by Gasteiger charge is -2.30. The first-order valence-corrected chi connectivity index (χ1v) is 10.4. The van der Waals surface area contributed by atoms with Gasteiger partial charge in [0.05, 0.1) is 24.5 Å². The first-order valence-electron chi connectivity index (χ1n) is 10.4. The van der Waals surface area contributed by atoms with E-state index in [0.29, 0.717) is 49.2 Å². The van der Waals surface area contributed by atoms with Crippen molar-refractivity contribution in [2.75, 3.05) is 37.9 Å². The summed E-state index contributed by atoms with van der Waals surface area (Å²) < 4.78 is 16.8. The minimum Gasteiger partial charge on any atom is -0.494 e. The summed E-state index contributed by atoms with van der Waals surface area (Å²) in [6.07, 6.45) is 2.06. The van der Waals surface area contributed by atoms with Gasteiger partial charge in [-0.15, -0.1) is 0 Å². The SMILES string of the molecule is CCOc1ccc([C@@H]2CCCN2CN2C(=O)C(=O)c3cc4c(cc32)OCCO4)cc1. The molecule has 1 fully saturated rings. The molecule has 3 aliphatic heterocycles. The highest BCUT2D eigenvalue weighted by Crippen LogP contribution is 2.41. The molecular weight excluding hydrogens is 384 g/mol. The molecule has 0 saturated carbocycles. The molecule has 3 heterocycles. The molecule has 2 aromatic carbocycles. The summed E-state index contributed by atoms with van der Waals surface area (Å²) in [6, 6.07) is 11.7. The second kappa shape index (κ2) is 7.65. The van der Waals surface area contributed by atoms with Crippen LogP contribution in [0.15, 0.2) is 36.4 Å². The number of rotatable bonds is 5. The number of ether oxygens (including phenoxy) is 3. The Morgan fingerprint density at radius 1 is 1.07 bits per heavy atom. The lowest BCUT2D eigenvalue weighted by molar-refractivity contribution is -0.114. The van der Waals surface area contributed by atoms with Gasteiger partial charge in [-0.05, 0) is 43.5 Å². The highest BCUT2D eigenvalue weighted by Gasteiger charge is 2.40. The minimum atomic E-state index is -0.496. The second-order valence-electron chi connectivity index (χ2n) is 7.69. The van der Waals surface area contributed by atoms with Crippen LogP contribution in [0.25, 0.3) is 0 Å². The van der Waals surface area contributed by atoms with Crippen LogP contribution in [-0.4, -0.2) is 49.6 Å². The standard InChI is InChI=1S/C23H24N2O5/c1-2-28-16-7-5-15(6-8-16)18-4-3-9-24(18)14-25-19-13-21-20(29-10-11-30-21)12-17(19)22(26)23(25)27/h5-8,12-13,18H,2-4,9-11,14H2,1H3/t18-/m0/s1. The fourth-order valence-corrected chi connectivity index (χ4v) is 4.48. The number of ketones is 1.